The van der Waals surface area contributed by atoms with Gasteiger partial charge >= 0.3 is 0 Å². The molecule has 0 aliphatic carbocycles. The zero-order chi connectivity index (χ0) is 13.7. The number of benzene rings is 1. The molecular formula is C17H28N2. The fourth-order valence-electron chi connectivity index (χ4n) is 3.02. The van der Waals surface area contributed by atoms with Gasteiger partial charge in [-0.3, -0.25) is 4.90 Å². The summed E-state index contributed by atoms with van der Waals surface area (Å²) in [6.07, 6.45) is 3.80. The molecule has 0 amide bonds. The van der Waals surface area contributed by atoms with Gasteiger partial charge in [-0.05, 0) is 30.9 Å². The van der Waals surface area contributed by atoms with E-state index in [1.165, 1.54) is 36.9 Å². The molecule has 1 aliphatic rings. The second-order valence-corrected chi connectivity index (χ2v) is 5.81. The van der Waals surface area contributed by atoms with Gasteiger partial charge in [0.25, 0.3) is 0 Å². The molecule has 2 nitrogen and oxygen atoms in total. The zero-order valence-electron chi connectivity index (χ0n) is 12.7. The van der Waals surface area contributed by atoms with Crippen LogP contribution in [0.3, 0.4) is 0 Å². The fraction of sp³-hybridized carbons (Fsp3) is 0.647. The Bertz CT molecular complexity index is 389. The van der Waals surface area contributed by atoms with Crippen molar-refractivity contribution in [1.82, 2.24) is 10.2 Å². The van der Waals surface area contributed by atoms with Crippen LogP contribution in [0.4, 0.5) is 0 Å². The standard InChI is InChI=1S/C17H28N2/c1-4-8-17-11-18-16(5-2)13-19(17)12-15-10-7-6-9-14(15)3/h6-7,9-10,16-18H,4-5,8,11-13H2,1-3H3. The van der Waals surface area contributed by atoms with Crippen molar-refractivity contribution in [2.45, 2.75) is 58.7 Å². The maximum Gasteiger partial charge on any atom is 0.0240 e. The summed E-state index contributed by atoms with van der Waals surface area (Å²) in [5.74, 6) is 0. The SMILES string of the molecule is CCCC1CNC(CC)CN1Cc1ccccc1C. The van der Waals surface area contributed by atoms with Gasteiger partial charge in [0.05, 0.1) is 0 Å². The van der Waals surface area contributed by atoms with Gasteiger partial charge in [0, 0.05) is 31.7 Å². The molecule has 0 saturated carbocycles. The highest BCUT2D eigenvalue weighted by Crippen LogP contribution is 2.18. The van der Waals surface area contributed by atoms with Crippen LogP contribution in [0.25, 0.3) is 0 Å². The molecule has 2 heteroatoms. The number of rotatable bonds is 5. The summed E-state index contributed by atoms with van der Waals surface area (Å²) in [7, 11) is 0. The summed E-state index contributed by atoms with van der Waals surface area (Å²) in [6, 6.07) is 10.2. The number of nitrogens with one attached hydrogen (secondary N) is 1. The smallest absolute Gasteiger partial charge is 0.0240 e. The van der Waals surface area contributed by atoms with E-state index in [4.69, 9.17) is 0 Å². The first-order valence-corrected chi connectivity index (χ1v) is 7.76. The molecule has 1 N–H and O–H groups in total. The Hall–Kier alpha value is -0.860. The first-order chi connectivity index (χ1) is 9.24. The third-order valence-corrected chi connectivity index (χ3v) is 4.36. The normalized spacial score (nSPS) is 24.6. The lowest BCUT2D eigenvalue weighted by molar-refractivity contribution is 0.113. The highest BCUT2D eigenvalue weighted by Gasteiger charge is 2.26. The van der Waals surface area contributed by atoms with Gasteiger partial charge in [-0.25, -0.2) is 0 Å². The highest BCUT2D eigenvalue weighted by molar-refractivity contribution is 5.25. The lowest BCUT2D eigenvalue weighted by Crippen LogP contribution is -2.55. The molecule has 0 spiro atoms. The van der Waals surface area contributed by atoms with Gasteiger partial charge in [-0.15, -0.1) is 0 Å². The summed E-state index contributed by atoms with van der Waals surface area (Å²) < 4.78 is 0. The molecule has 1 aromatic carbocycles. The van der Waals surface area contributed by atoms with Crippen molar-refractivity contribution < 1.29 is 0 Å². The zero-order valence-corrected chi connectivity index (χ0v) is 12.7. The molecule has 19 heavy (non-hydrogen) atoms. The van der Waals surface area contributed by atoms with Gasteiger partial charge in [0.15, 0.2) is 0 Å². The molecule has 1 heterocycles. The van der Waals surface area contributed by atoms with Crippen molar-refractivity contribution in [1.29, 1.82) is 0 Å². The van der Waals surface area contributed by atoms with Gasteiger partial charge < -0.3 is 5.32 Å². The molecule has 2 atom stereocenters. The first-order valence-electron chi connectivity index (χ1n) is 7.76. The van der Waals surface area contributed by atoms with Crippen LogP contribution in [-0.4, -0.2) is 30.1 Å². The Morgan fingerprint density at radius 2 is 2.05 bits per heavy atom. The van der Waals surface area contributed by atoms with E-state index in [1.54, 1.807) is 0 Å². The monoisotopic (exact) mass is 260 g/mol. The average Bonchev–Trinajstić information content (AvgIpc) is 2.43. The van der Waals surface area contributed by atoms with Crippen molar-refractivity contribution >= 4 is 0 Å². The third-order valence-electron chi connectivity index (χ3n) is 4.36. The maximum atomic E-state index is 3.69. The minimum absolute atomic E-state index is 0.664. The minimum Gasteiger partial charge on any atom is -0.311 e. The number of piperazine rings is 1. The van der Waals surface area contributed by atoms with Crippen molar-refractivity contribution in [2.24, 2.45) is 0 Å². The Morgan fingerprint density at radius 1 is 1.26 bits per heavy atom. The molecule has 0 aromatic heterocycles. The van der Waals surface area contributed by atoms with Crippen LogP contribution in [0.15, 0.2) is 24.3 Å². The van der Waals surface area contributed by atoms with Crippen molar-refractivity contribution in [2.75, 3.05) is 13.1 Å². The molecule has 106 valence electrons. The second-order valence-electron chi connectivity index (χ2n) is 5.81. The fourth-order valence-corrected chi connectivity index (χ4v) is 3.02. The van der Waals surface area contributed by atoms with E-state index in [9.17, 15) is 0 Å². The largest absolute Gasteiger partial charge is 0.311 e. The molecule has 2 rings (SSSR count). The Balaban J connectivity index is 2.07. The summed E-state index contributed by atoms with van der Waals surface area (Å²) in [5.41, 5.74) is 2.91. The van der Waals surface area contributed by atoms with E-state index in [1.807, 2.05) is 0 Å². The lowest BCUT2D eigenvalue weighted by atomic mass is 10.0. The van der Waals surface area contributed by atoms with Crippen LogP contribution in [0.5, 0.6) is 0 Å². The molecule has 2 unspecified atom stereocenters. The first kappa shape index (κ1) is 14.5. The van der Waals surface area contributed by atoms with E-state index in [0.29, 0.717) is 12.1 Å². The minimum atomic E-state index is 0.664. The van der Waals surface area contributed by atoms with Crippen LogP contribution in [0.2, 0.25) is 0 Å². The van der Waals surface area contributed by atoms with Crippen molar-refractivity contribution in [3.05, 3.63) is 35.4 Å². The summed E-state index contributed by atoms with van der Waals surface area (Å²) >= 11 is 0. The lowest BCUT2D eigenvalue weighted by Gasteiger charge is -2.40. The van der Waals surface area contributed by atoms with E-state index in [-0.39, 0.29) is 0 Å². The van der Waals surface area contributed by atoms with Crippen LogP contribution >= 0.6 is 0 Å². The van der Waals surface area contributed by atoms with Crippen molar-refractivity contribution in [3.63, 3.8) is 0 Å². The number of hydrogen-bond acceptors (Lipinski definition) is 2. The predicted octanol–water partition coefficient (Wildman–Crippen LogP) is 3.35. The molecule has 0 bridgehead atoms. The number of nitrogens with zero attached hydrogens (tertiary/aromatic N) is 1. The Morgan fingerprint density at radius 3 is 2.74 bits per heavy atom. The van der Waals surface area contributed by atoms with Crippen LogP contribution in [0, 0.1) is 6.92 Å². The molecule has 1 aromatic rings. The number of aryl methyl sites for hydroxylation is 1. The van der Waals surface area contributed by atoms with Gasteiger partial charge in [-0.1, -0.05) is 44.5 Å². The Kier molecular flexibility index (Phi) is 5.41. The second kappa shape index (κ2) is 7.06. The van der Waals surface area contributed by atoms with Crippen LogP contribution in [-0.2, 0) is 6.54 Å². The highest BCUT2D eigenvalue weighted by atomic mass is 15.2. The van der Waals surface area contributed by atoms with Gasteiger partial charge in [0.2, 0.25) is 0 Å². The van der Waals surface area contributed by atoms with E-state index >= 15 is 0 Å². The van der Waals surface area contributed by atoms with Gasteiger partial charge in [-0.2, -0.15) is 0 Å². The summed E-state index contributed by atoms with van der Waals surface area (Å²) in [6.45, 7) is 10.2. The maximum absolute atomic E-state index is 3.69. The summed E-state index contributed by atoms with van der Waals surface area (Å²) in [4.78, 5) is 2.69. The van der Waals surface area contributed by atoms with Crippen LogP contribution in [0.1, 0.15) is 44.2 Å². The molecule has 1 saturated heterocycles. The third kappa shape index (κ3) is 3.80. The summed E-state index contributed by atoms with van der Waals surface area (Å²) in [5, 5.41) is 3.69. The average molecular weight is 260 g/mol. The predicted molar refractivity (Wildman–Crippen MR) is 82.4 cm³/mol. The Labute approximate surface area is 118 Å². The van der Waals surface area contributed by atoms with E-state index in [2.05, 4.69) is 55.3 Å². The van der Waals surface area contributed by atoms with Gasteiger partial charge in [0.1, 0.15) is 0 Å². The molecular weight excluding hydrogens is 232 g/mol. The molecule has 1 aliphatic heterocycles. The quantitative estimate of drug-likeness (QED) is 0.873. The van der Waals surface area contributed by atoms with E-state index in [0.717, 1.165) is 13.1 Å². The molecule has 1 fully saturated rings. The van der Waals surface area contributed by atoms with Crippen molar-refractivity contribution in [3.8, 4) is 0 Å². The van der Waals surface area contributed by atoms with E-state index < -0.39 is 0 Å². The number of hydrogen-bond donors (Lipinski definition) is 1. The topological polar surface area (TPSA) is 15.3 Å². The molecule has 0 radical (unpaired) electrons. The van der Waals surface area contributed by atoms with Crippen LogP contribution < -0.4 is 5.32 Å².